The van der Waals surface area contributed by atoms with E-state index in [2.05, 4.69) is 9.82 Å². The van der Waals surface area contributed by atoms with Gasteiger partial charge in [0, 0.05) is 6.20 Å². The number of pyridine rings is 1. The highest BCUT2D eigenvalue weighted by molar-refractivity contribution is 5.28. The van der Waals surface area contributed by atoms with E-state index in [1.165, 1.54) is 0 Å². The SMILES string of the molecule is COc1cccnc1C(C)ON. The van der Waals surface area contributed by atoms with Crippen molar-refractivity contribution in [1.82, 2.24) is 4.98 Å². The van der Waals surface area contributed by atoms with Gasteiger partial charge in [0.1, 0.15) is 17.5 Å². The van der Waals surface area contributed by atoms with Crippen LogP contribution in [0.15, 0.2) is 18.3 Å². The minimum atomic E-state index is -0.249. The maximum absolute atomic E-state index is 5.07. The van der Waals surface area contributed by atoms with E-state index in [4.69, 9.17) is 10.6 Å². The van der Waals surface area contributed by atoms with Gasteiger partial charge in [-0.05, 0) is 19.1 Å². The van der Waals surface area contributed by atoms with Gasteiger partial charge in [-0.3, -0.25) is 9.82 Å². The molecule has 4 heteroatoms. The van der Waals surface area contributed by atoms with Crippen LogP contribution in [-0.2, 0) is 4.84 Å². The van der Waals surface area contributed by atoms with Gasteiger partial charge in [0.25, 0.3) is 0 Å². The smallest absolute Gasteiger partial charge is 0.143 e. The fourth-order valence-corrected chi connectivity index (χ4v) is 0.945. The third-order valence-electron chi connectivity index (χ3n) is 1.61. The molecule has 0 radical (unpaired) electrons. The molecule has 1 rings (SSSR count). The highest BCUT2D eigenvalue weighted by atomic mass is 16.6. The third kappa shape index (κ3) is 1.72. The van der Waals surface area contributed by atoms with Crippen LogP contribution in [0, 0.1) is 0 Å². The first kappa shape index (κ1) is 8.96. The predicted octanol–water partition coefficient (Wildman–Crippen LogP) is 1.04. The normalized spacial score (nSPS) is 12.6. The van der Waals surface area contributed by atoms with Crippen LogP contribution in [0.3, 0.4) is 0 Å². The lowest BCUT2D eigenvalue weighted by molar-refractivity contribution is 0.0615. The first-order valence-corrected chi connectivity index (χ1v) is 3.64. The number of hydrogen-bond donors (Lipinski definition) is 1. The van der Waals surface area contributed by atoms with Gasteiger partial charge in [0.15, 0.2) is 0 Å². The number of ether oxygens (including phenoxy) is 1. The summed E-state index contributed by atoms with van der Waals surface area (Å²) in [6.07, 6.45) is 1.43. The fraction of sp³-hybridized carbons (Fsp3) is 0.375. The third-order valence-corrected chi connectivity index (χ3v) is 1.61. The molecular weight excluding hydrogens is 156 g/mol. The predicted molar refractivity (Wildman–Crippen MR) is 44.5 cm³/mol. The highest BCUT2D eigenvalue weighted by Crippen LogP contribution is 2.22. The lowest BCUT2D eigenvalue weighted by Gasteiger charge is -2.11. The zero-order chi connectivity index (χ0) is 8.97. The molecule has 2 N–H and O–H groups in total. The molecule has 1 heterocycles. The van der Waals surface area contributed by atoms with Crippen LogP contribution < -0.4 is 10.6 Å². The van der Waals surface area contributed by atoms with Crippen molar-refractivity contribution in [2.24, 2.45) is 5.90 Å². The van der Waals surface area contributed by atoms with Gasteiger partial charge in [-0.25, -0.2) is 5.90 Å². The first-order valence-electron chi connectivity index (χ1n) is 3.64. The summed E-state index contributed by atoms with van der Waals surface area (Å²) in [4.78, 5) is 8.73. The zero-order valence-corrected chi connectivity index (χ0v) is 7.15. The van der Waals surface area contributed by atoms with Crippen LogP contribution in [0.2, 0.25) is 0 Å². The summed E-state index contributed by atoms with van der Waals surface area (Å²) in [5.41, 5.74) is 0.711. The molecule has 1 aromatic rings. The van der Waals surface area contributed by atoms with Gasteiger partial charge in [-0.2, -0.15) is 0 Å². The molecule has 0 aliphatic rings. The van der Waals surface area contributed by atoms with Gasteiger partial charge in [-0.15, -0.1) is 0 Å². The summed E-state index contributed by atoms with van der Waals surface area (Å²) in [5.74, 6) is 5.72. The van der Waals surface area contributed by atoms with Crippen molar-refractivity contribution in [1.29, 1.82) is 0 Å². The Hall–Kier alpha value is -1.13. The number of rotatable bonds is 3. The highest BCUT2D eigenvalue weighted by Gasteiger charge is 2.11. The molecule has 4 nitrogen and oxygen atoms in total. The van der Waals surface area contributed by atoms with E-state index < -0.39 is 0 Å². The Morgan fingerprint density at radius 2 is 2.33 bits per heavy atom. The molecule has 1 aromatic heterocycles. The average Bonchev–Trinajstić information content (AvgIpc) is 2.16. The fourth-order valence-electron chi connectivity index (χ4n) is 0.945. The van der Waals surface area contributed by atoms with Crippen LogP contribution in [0.4, 0.5) is 0 Å². The van der Waals surface area contributed by atoms with Crippen molar-refractivity contribution < 1.29 is 9.57 Å². The molecule has 0 amide bonds. The van der Waals surface area contributed by atoms with Crippen molar-refractivity contribution in [2.75, 3.05) is 7.11 Å². The first-order chi connectivity index (χ1) is 5.79. The van der Waals surface area contributed by atoms with E-state index in [0.717, 1.165) is 0 Å². The van der Waals surface area contributed by atoms with Gasteiger partial charge < -0.3 is 4.74 Å². The summed E-state index contributed by atoms with van der Waals surface area (Å²) < 4.78 is 5.07. The van der Waals surface area contributed by atoms with Crippen molar-refractivity contribution >= 4 is 0 Å². The van der Waals surface area contributed by atoms with Crippen LogP contribution >= 0.6 is 0 Å². The van der Waals surface area contributed by atoms with Crippen LogP contribution in [-0.4, -0.2) is 12.1 Å². The van der Waals surface area contributed by atoms with Crippen molar-refractivity contribution in [2.45, 2.75) is 13.0 Å². The zero-order valence-electron chi connectivity index (χ0n) is 7.15. The molecule has 1 atom stereocenters. The number of nitrogens with two attached hydrogens (primary N) is 1. The molecule has 0 aromatic carbocycles. The molecule has 1 unspecified atom stereocenters. The van der Waals surface area contributed by atoms with Crippen molar-refractivity contribution in [3.8, 4) is 5.75 Å². The second kappa shape index (κ2) is 4.04. The largest absolute Gasteiger partial charge is 0.495 e. The standard InChI is InChI=1S/C8H12N2O2/c1-6(12-9)8-7(11-2)4-3-5-10-8/h3-6H,9H2,1-2H3. The molecule has 0 spiro atoms. The van der Waals surface area contributed by atoms with Crippen molar-refractivity contribution in [3.05, 3.63) is 24.0 Å². The molecule has 0 saturated carbocycles. The average molecular weight is 168 g/mol. The monoisotopic (exact) mass is 168 g/mol. The summed E-state index contributed by atoms with van der Waals surface area (Å²) in [5, 5.41) is 0. The van der Waals surface area contributed by atoms with Crippen molar-refractivity contribution in [3.63, 3.8) is 0 Å². The second-order valence-electron chi connectivity index (χ2n) is 2.37. The Bertz CT molecular complexity index is 253. The van der Waals surface area contributed by atoms with Crippen LogP contribution in [0.5, 0.6) is 5.75 Å². The molecule has 12 heavy (non-hydrogen) atoms. The minimum absolute atomic E-state index is 0.249. The van der Waals surface area contributed by atoms with E-state index >= 15 is 0 Å². The molecule has 0 bridgehead atoms. The Morgan fingerprint density at radius 3 is 2.92 bits per heavy atom. The van der Waals surface area contributed by atoms with Gasteiger partial charge in [0.2, 0.25) is 0 Å². The minimum Gasteiger partial charge on any atom is -0.495 e. The lowest BCUT2D eigenvalue weighted by Crippen LogP contribution is -2.08. The maximum atomic E-state index is 5.07. The Labute approximate surface area is 71.3 Å². The molecular formula is C8H12N2O2. The van der Waals surface area contributed by atoms with E-state index in [1.807, 2.05) is 13.0 Å². The van der Waals surface area contributed by atoms with Gasteiger partial charge >= 0.3 is 0 Å². The molecule has 0 aliphatic heterocycles. The number of methoxy groups -OCH3 is 1. The molecule has 66 valence electrons. The molecule has 0 aliphatic carbocycles. The van der Waals surface area contributed by atoms with E-state index in [9.17, 15) is 0 Å². The van der Waals surface area contributed by atoms with Crippen LogP contribution in [0.1, 0.15) is 18.7 Å². The van der Waals surface area contributed by atoms with Gasteiger partial charge in [0.05, 0.1) is 7.11 Å². The van der Waals surface area contributed by atoms with Gasteiger partial charge in [-0.1, -0.05) is 0 Å². The number of aromatic nitrogens is 1. The summed E-state index contributed by atoms with van der Waals surface area (Å²) in [7, 11) is 1.59. The Kier molecular flexibility index (Phi) is 3.01. The topological polar surface area (TPSA) is 57.4 Å². The Morgan fingerprint density at radius 1 is 1.58 bits per heavy atom. The summed E-state index contributed by atoms with van der Waals surface area (Å²) in [6.45, 7) is 1.81. The number of hydrogen-bond acceptors (Lipinski definition) is 4. The molecule has 0 saturated heterocycles. The summed E-state index contributed by atoms with van der Waals surface area (Å²) >= 11 is 0. The quantitative estimate of drug-likeness (QED) is 0.685. The second-order valence-corrected chi connectivity index (χ2v) is 2.37. The lowest BCUT2D eigenvalue weighted by atomic mass is 10.2. The van der Waals surface area contributed by atoms with E-state index in [-0.39, 0.29) is 6.10 Å². The summed E-state index contributed by atoms with van der Waals surface area (Å²) in [6, 6.07) is 3.61. The van der Waals surface area contributed by atoms with Crippen LogP contribution in [0.25, 0.3) is 0 Å². The maximum Gasteiger partial charge on any atom is 0.143 e. The molecule has 0 fully saturated rings. The van der Waals surface area contributed by atoms with E-state index in [1.54, 1.807) is 19.4 Å². The van der Waals surface area contributed by atoms with E-state index in [0.29, 0.717) is 11.4 Å². The Balaban J connectivity index is 2.96. The number of nitrogens with zero attached hydrogens (tertiary/aromatic N) is 1.